The second kappa shape index (κ2) is 13.6. The van der Waals surface area contributed by atoms with Gasteiger partial charge in [-0.1, -0.05) is 194 Å². The van der Waals surface area contributed by atoms with Crippen LogP contribution >= 0.6 is 0 Å². The monoisotopic (exact) mass is 764 g/mol. The molecular formula is C57H36N2O. The number of nitrogens with zero attached hydrogens (tertiary/aromatic N) is 2. The average Bonchev–Trinajstić information content (AvgIpc) is 3.62. The van der Waals surface area contributed by atoms with Crippen LogP contribution in [0, 0.1) is 0 Å². The van der Waals surface area contributed by atoms with Crippen LogP contribution in [0.25, 0.3) is 78.1 Å². The fourth-order valence-electron chi connectivity index (χ4n) is 9.62. The largest absolute Gasteiger partial charge is 0.456 e. The molecule has 0 amide bonds. The lowest BCUT2D eigenvalue weighted by atomic mass is 9.65. The van der Waals surface area contributed by atoms with Gasteiger partial charge >= 0.3 is 0 Å². The Bertz CT molecular complexity index is 3190. The van der Waals surface area contributed by atoms with E-state index in [9.17, 15) is 0 Å². The van der Waals surface area contributed by atoms with E-state index in [1.807, 2.05) is 36.4 Å². The molecule has 280 valence electrons. The van der Waals surface area contributed by atoms with Crippen molar-refractivity contribution >= 4 is 10.8 Å². The van der Waals surface area contributed by atoms with Crippen molar-refractivity contribution in [1.82, 2.24) is 9.97 Å². The van der Waals surface area contributed by atoms with Gasteiger partial charge in [0, 0.05) is 33.2 Å². The summed E-state index contributed by atoms with van der Waals surface area (Å²) in [4.78, 5) is 10.1. The molecule has 3 nitrogen and oxygen atoms in total. The maximum Gasteiger partial charge on any atom is 0.160 e. The van der Waals surface area contributed by atoms with E-state index < -0.39 is 5.41 Å². The van der Waals surface area contributed by atoms with Crippen LogP contribution in [0.15, 0.2) is 218 Å². The first-order valence-corrected chi connectivity index (χ1v) is 20.5. The second-order valence-corrected chi connectivity index (χ2v) is 15.7. The van der Waals surface area contributed by atoms with Gasteiger partial charge in [-0.25, -0.2) is 9.97 Å². The van der Waals surface area contributed by atoms with Crippen molar-refractivity contribution in [3.63, 3.8) is 0 Å². The van der Waals surface area contributed by atoms with E-state index in [4.69, 9.17) is 14.7 Å². The van der Waals surface area contributed by atoms with Crippen molar-refractivity contribution in [1.29, 1.82) is 0 Å². The Morgan fingerprint density at radius 3 is 1.55 bits per heavy atom. The lowest BCUT2D eigenvalue weighted by molar-refractivity contribution is 0.442. The van der Waals surface area contributed by atoms with Crippen LogP contribution in [-0.2, 0) is 5.41 Å². The van der Waals surface area contributed by atoms with Crippen molar-refractivity contribution in [2.75, 3.05) is 0 Å². The summed E-state index contributed by atoms with van der Waals surface area (Å²) in [5.74, 6) is 2.50. The molecule has 0 saturated heterocycles. The first-order chi connectivity index (χ1) is 29.7. The second-order valence-electron chi connectivity index (χ2n) is 15.7. The van der Waals surface area contributed by atoms with E-state index in [0.29, 0.717) is 5.82 Å². The molecule has 0 fully saturated rings. The van der Waals surface area contributed by atoms with Gasteiger partial charge in [-0.15, -0.1) is 0 Å². The Kier molecular flexibility index (Phi) is 7.76. The Labute approximate surface area is 348 Å². The molecule has 0 bridgehead atoms. The van der Waals surface area contributed by atoms with Gasteiger partial charge in [0.2, 0.25) is 0 Å². The minimum absolute atomic E-state index is 0.525. The first kappa shape index (κ1) is 34.2. The summed E-state index contributed by atoms with van der Waals surface area (Å²) in [6.07, 6.45) is 0. The number of ether oxygens (including phenoxy) is 1. The fourth-order valence-corrected chi connectivity index (χ4v) is 9.62. The number of benzene rings is 9. The number of aromatic nitrogens is 2. The molecule has 1 spiro atoms. The van der Waals surface area contributed by atoms with E-state index in [1.165, 1.54) is 27.8 Å². The van der Waals surface area contributed by atoms with Crippen molar-refractivity contribution in [2.24, 2.45) is 0 Å². The SMILES string of the molecule is c1ccc(-c2cc(-c3cccc(-c4cccc(-c5ccc6c(c5)Oc5c(ccc7ccccc57)C65c6ccccc6-c6ccccc65)c4)c3)nc(-c3ccccc3)n2)cc1. The first-order valence-electron chi connectivity index (χ1n) is 20.5. The van der Waals surface area contributed by atoms with Gasteiger partial charge in [-0.05, 0) is 74.2 Å². The number of hydrogen-bond donors (Lipinski definition) is 0. The molecule has 1 aromatic heterocycles. The van der Waals surface area contributed by atoms with Gasteiger partial charge in [-0.2, -0.15) is 0 Å². The Morgan fingerprint density at radius 2 is 0.850 bits per heavy atom. The topological polar surface area (TPSA) is 35.0 Å². The van der Waals surface area contributed by atoms with Crippen LogP contribution in [0.4, 0.5) is 0 Å². The highest BCUT2D eigenvalue weighted by molar-refractivity contribution is 5.96. The van der Waals surface area contributed by atoms with E-state index >= 15 is 0 Å². The molecule has 0 atom stereocenters. The van der Waals surface area contributed by atoms with Gasteiger partial charge in [-0.3, -0.25) is 0 Å². The van der Waals surface area contributed by atoms with Gasteiger partial charge in [0.1, 0.15) is 11.5 Å². The standard InChI is InChI=1S/C57H36N2O/c1-3-16-38(17-4-1)52-36-53(59-56(58-52)39-18-5-2-6-19-39)44-23-14-22-42(34-44)40-20-13-21-41(33-40)43-30-31-50-54(35-43)60-55-45-24-8-7-15-37(45)29-32-51(55)57(50)48-27-11-9-25-46(48)47-26-10-12-28-49(47)57/h1-36H. The van der Waals surface area contributed by atoms with Crippen molar-refractivity contribution < 1.29 is 4.74 Å². The van der Waals surface area contributed by atoms with Crippen LogP contribution in [0.5, 0.6) is 11.5 Å². The minimum Gasteiger partial charge on any atom is -0.456 e. The van der Waals surface area contributed by atoms with Crippen LogP contribution in [0.3, 0.4) is 0 Å². The molecule has 2 heterocycles. The zero-order valence-electron chi connectivity index (χ0n) is 32.6. The average molecular weight is 765 g/mol. The normalized spacial score (nSPS) is 12.9. The Morgan fingerprint density at radius 1 is 0.333 bits per heavy atom. The molecule has 0 saturated carbocycles. The molecule has 60 heavy (non-hydrogen) atoms. The van der Waals surface area contributed by atoms with Crippen molar-refractivity contribution in [3.05, 3.63) is 241 Å². The third kappa shape index (κ3) is 5.30. The molecule has 2 aliphatic rings. The van der Waals surface area contributed by atoms with Crippen molar-refractivity contribution in [3.8, 4) is 78.8 Å². The quantitative estimate of drug-likeness (QED) is 0.175. The smallest absolute Gasteiger partial charge is 0.160 e. The van der Waals surface area contributed by atoms with E-state index in [1.54, 1.807) is 0 Å². The number of rotatable bonds is 5. The molecule has 1 aliphatic heterocycles. The summed E-state index contributed by atoms with van der Waals surface area (Å²) in [6.45, 7) is 0. The summed E-state index contributed by atoms with van der Waals surface area (Å²) in [6, 6.07) is 77.8. The highest BCUT2D eigenvalue weighted by atomic mass is 16.5. The van der Waals surface area contributed by atoms with Crippen molar-refractivity contribution in [2.45, 2.75) is 5.41 Å². The number of hydrogen-bond acceptors (Lipinski definition) is 3. The summed E-state index contributed by atoms with van der Waals surface area (Å²) >= 11 is 0. The summed E-state index contributed by atoms with van der Waals surface area (Å²) < 4.78 is 7.12. The van der Waals surface area contributed by atoms with Crippen LogP contribution in [0.2, 0.25) is 0 Å². The summed E-state index contributed by atoms with van der Waals surface area (Å²) in [5.41, 5.74) is 16.2. The zero-order valence-corrected chi connectivity index (χ0v) is 32.6. The summed E-state index contributed by atoms with van der Waals surface area (Å²) in [7, 11) is 0. The van der Waals surface area contributed by atoms with E-state index in [2.05, 4.69) is 182 Å². The van der Waals surface area contributed by atoms with Gasteiger partial charge in [0.05, 0.1) is 16.8 Å². The molecule has 3 heteroatoms. The molecule has 0 unspecified atom stereocenters. The zero-order chi connectivity index (χ0) is 39.6. The molecule has 10 aromatic rings. The van der Waals surface area contributed by atoms with Crippen LogP contribution in [0.1, 0.15) is 22.3 Å². The summed E-state index contributed by atoms with van der Waals surface area (Å²) in [5, 5.41) is 2.28. The fraction of sp³-hybridized carbons (Fsp3) is 0.0175. The third-order valence-corrected chi connectivity index (χ3v) is 12.3. The Balaban J connectivity index is 0.977. The van der Waals surface area contributed by atoms with Crippen LogP contribution < -0.4 is 4.74 Å². The highest BCUT2D eigenvalue weighted by Gasteiger charge is 2.51. The predicted molar refractivity (Wildman–Crippen MR) is 244 cm³/mol. The maximum absolute atomic E-state index is 7.12. The number of fused-ring (bicyclic) bond motifs is 11. The van der Waals surface area contributed by atoms with Gasteiger partial charge in [0.15, 0.2) is 5.82 Å². The molecule has 9 aromatic carbocycles. The molecular weight excluding hydrogens is 729 g/mol. The molecule has 0 N–H and O–H groups in total. The predicted octanol–water partition coefficient (Wildman–Crippen LogP) is 14.4. The molecule has 1 aliphatic carbocycles. The van der Waals surface area contributed by atoms with Gasteiger partial charge < -0.3 is 4.74 Å². The lowest BCUT2D eigenvalue weighted by Crippen LogP contribution is -2.32. The highest BCUT2D eigenvalue weighted by Crippen LogP contribution is 2.63. The van der Waals surface area contributed by atoms with E-state index in [-0.39, 0.29) is 0 Å². The lowest BCUT2D eigenvalue weighted by Gasteiger charge is -2.40. The maximum atomic E-state index is 7.12. The third-order valence-electron chi connectivity index (χ3n) is 12.3. The Hall–Kier alpha value is -7.88. The molecule has 0 radical (unpaired) electrons. The van der Waals surface area contributed by atoms with Crippen LogP contribution in [-0.4, -0.2) is 9.97 Å². The van der Waals surface area contributed by atoms with Gasteiger partial charge in [0.25, 0.3) is 0 Å². The minimum atomic E-state index is -0.525. The molecule has 12 rings (SSSR count). The van der Waals surface area contributed by atoms with E-state index in [0.717, 1.165) is 78.2 Å².